The van der Waals surface area contributed by atoms with Crippen LogP contribution in [0.15, 0.2) is 0 Å². The van der Waals surface area contributed by atoms with Crippen molar-refractivity contribution >= 4 is 14.5 Å². The number of rotatable bonds is 4. The summed E-state index contributed by atoms with van der Waals surface area (Å²) >= 11 is 0. The molecule has 0 aliphatic rings. The fourth-order valence-corrected chi connectivity index (χ4v) is 1.06. The number of nitrogens with zero attached hydrogens (tertiary/aromatic N) is 1. The van der Waals surface area contributed by atoms with E-state index in [0.29, 0.717) is 0 Å². The Hall–Kier alpha value is -0.220. The van der Waals surface area contributed by atoms with Crippen LogP contribution in [-0.2, 0) is 13.6 Å². The Morgan fingerprint density at radius 2 is 1.54 bits per heavy atom. The van der Waals surface area contributed by atoms with Gasteiger partial charge in [0.25, 0.3) is 7.82 Å². The summed E-state index contributed by atoms with van der Waals surface area (Å²) in [4.78, 5) is 10.4. The van der Waals surface area contributed by atoms with E-state index in [4.69, 9.17) is 0 Å². The monoisotopic (exact) mass is 211 g/mol. The maximum atomic E-state index is 10.4. The molecule has 0 aliphatic heterocycles. The molecule has 5 nitrogen and oxygen atoms in total. The van der Waals surface area contributed by atoms with Gasteiger partial charge in [-0.3, -0.25) is 4.57 Å². The van der Waals surface area contributed by atoms with Gasteiger partial charge in [-0.1, -0.05) is 0 Å². The van der Waals surface area contributed by atoms with E-state index < -0.39 is 7.82 Å². The summed E-state index contributed by atoms with van der Waals surface area (Å²) in [7, 11) is -0.165. The molecular formula is C7H18NO4P. The van der Waals surface area contributed by atoms with E-state index in [1.54, 1.807) is 18.4 Å². The normalized spacial score (nSPS) is 10.2. The Labute approximate surface area is 79.6 Å². The van der Waals surface area contributed by atoms with Gasteiger partial charge in [0.2, 0.25) is 0 Å². The summed E-state index contributed by atoms with van der Waals surface area (Å²) in [5.74, 6) is 0. The molecule has 0 spiro atoms. The molecule has 0 aromatic heterocycles. The van der Waals surface area contributed by atoms with Gasteiger partial charge in [0.05, 0.1) is 13.2 Å². The van der Waals surface area contributed by atoms with Crippen LogP contribution in [0.2, 0.25) is 0 Å². The highest BCUT2D eigenvalue weighted by Crippen LogP contribution is 2.37. The molecule has 0 N–H and O–H groups in total. The van der Waals surface area contributed by atoms with Gasteiger partial charge >= 0.3 is 0 Å². The zero-order valence-corrected chi connectivity index (χ0v) is 9.54. The largest absolute Gasteiger partial charge is 0.756 e. The van der Waals surface area contributed by atoms with E-state index in [2.05, 4.69) is 15.8 Å². The average molecular weight is 211 g/mol. The average Bonchev–Trinajstić information content (AvgIpc) is 1.84. The topological polar surface area (TPSA) is 61.6 Å². The molecule has 0 fully saturated rings. The quantitative estimate of drug-likeness (QED) is 0.385. The molecule has 0 radical (unpaired) electrons. The summed E-state index contributed by atoms with van der Waals surface area (Å²) in [6.07, 6.45) is 0. The Morgan fingerprint density at radius 3 is 1.69 bits per heavy atom. The lowest BCUT2D eigenvalue weighted by Gasteiger charge is -2.20. The van der Waals surface area contributed by atoms with E-state index in [1.807, 2.05) is 14.1 Å². The van der Waals surface area contributed by atoms with Crippen LogP contribution in [0.3, 0.4) is 0 Å². The predicted molar refractivity (Wildman–Crippen MR) is 50.1 cm³/mol. The van der Waals surface area contributed by atoms with Crippen molar-refractivity contribution in [3.8, 4) is 0 Å². The molecule has 0 rings (SSSR count). The van der Waals surface area contributed by atoms with Crippen molar-refractivity contribution in [2.75, 3.05) is 27.3 Å². The van der Waals surface area contributed by atoms with E-state index in [9.17, 15) is 9.46 Å². The van der Waals surface area contributed by atoms with Crippen LogP contribution < -0.4 is 4.89 Å². The number of phosphoric ester groups is 1. The molecule has 0 saturated heterocycles. The zero-order chi connectivity index (χ0) is 10.9. The number of hydrogen-bond donors (Lipinski definition) is 0. The van der Waals surface area contributed by atoms with Gasteiger partial charge in [-0.05, 0) is 13.8 Å². The Morgan fingerprint density at radius 1 is 1.31 bits per heavy atom. The Balaban J connectivity index is 0. The fourth-order valence-electron chi connectivity index (χ4n) is 0.353. The highest BCUT2D eigenvalue weighted by molar-refractivity contribution is 7.45. The smallest absolute Gasteiger partial charge is 0.267 e. The van der Waals surface area contributed by atoms with Crippen molar-refractivity contribution in [1.82, 2.24) is 0 Å². The second kappa shape index (κ2) is 8.38. The van der Waals surface area contributed by atoms with Gasteiger partial charge in [-0.2, -0.15) is 0 Å². The fraction of sp³-hybridized carbons (Fsp3) is 0.857. The summed E-state index contributed by atoms with van der Waals surface area (Å²) in [6, 6.07) is 0. The van der Waals surface area contributed by atoms with Gasteiger partial charge in [0, 0.05) is 0 Å². The third kappa shape index (κ3) is 18.6. The first kappa shape index (κ1) is 15.3. The van der Waals surface area contributed by atoms with Crippen molar-refractivity contribution in [3.63, 3.8) is 0 Å². The lowest BCUT2D eigenvalue weighted by Crippen LogP contribution is -2.07. The minimum atomic E-state index is -3.94. The van der Waals surface area contributed by atoms with E-state index >= 15 is 0 Å². The summed E-state index contributed by atoms with van der Waals surface area (Å²) in [6.45, 7) is 6.90. The predicted octanol–water partition coefficient (Wildman–Crippen LogP) is 0.487. The maximum Gasteiger partial charge on any atom is 0.267 e. The lowest BCUT2D eigenvalue weighted by molar-refractivity contribution is -0.454. The third-order valence-electron chi connectivity index (χ3n) is 0.574. The summed E-state index contributed by atoms with van der Waals surface area (Å²) < 4.78 is 20.7. The maximum absolute atomic E-state index is 10.4. The van der Waals surface area contributed by atoms with Gasteiger partial charge in [0.15, 0.2) is 0 Å². The first-order chi connectivity index (χ1) is 5.85. The van der Waals surface area contributed by atoms with Gasteiger partial charge in [0.1, 0.15) is 20.8 Å². The highest BCUT2D eigenvalue weighted by atomic mass is 31.2. The Bertz CT molecular complexity index is 169. The number of hydrogen-bond acceptors (Lipinski definition) is 4. The Kier molecular flexibility index (Phi) is 9.84. The first-order valence-corrected chi connectivity index (χ1v) is 5.39. The van der Waals surface area contributed by atoms with E-state index in [1.165, 1.54) is 0 Å². The van der Waals surface area contributed by atoms with Gasteiger partial charge in [-0.25, -0.2) is 4.58 Å². The van der Waals surface area contributed by atoms with Crippen LogP contribution in [0.1, 0.15) is 13.8 Å². The van der Waals surface area contributed by atoms with E-state index in [0.717, 1.165) is 0 Å². The SMILES string of the molecule is C=[N+](C)C.CCOP(=O)([O-])OCC. The van der Waals surface area contributed by atoms with Crippen LogP contribution in [0.5, 0.6) is 0 Å². The van der Waals surface area contributed by atoms with E-state index in [-0.39, 0.29) is 13.2 Å². The third-order valence-corrected chi connectivity index (χ3v) is 1.72. The summed E-state index contributed by atoms with van der Waals surface area (Å²) in [5.41, 5.74) is 0. The van der Waals surface area contributed by atoms with Gasteiger partial charge in [-0.15, -0.1) is 0 Å². The molecule has 0 aliphatic carbocycles. The second-order valence-corrected chi connectivity index (χ2v) is 3.77. The van der Waals surface area contributed by atoms with Crippen molar-refractivity contribution < 1.29 is 23.1 Å². The van der Waals surface area contributed by atoms with Crippen molar-refractivity contribution in [2.24, 2.45) is 0 Å². The van der Waals surface area contributed by atoms with Crippen LogP contribution in [0.25, 0.3) is 0 Å². The molecule has 6 heteroatoms. The minimum Gasteiger partial charge on any atom is -0.756 e. The van der Waals surface area contributed by atoms with Crippen LogP contribution in [0, 0.1) is 0 Å². The molecule has 0 bridgehead atoms. The molecular weight excluding hydrogens is 193 g/mol. The number of phosphoric acid groups is 1. The summed E-state index contributed by atoms with van der Waals surface area (Å²) in [5, 5.41) is 0. The van der Waals surface area contributed by atoms with Crippen LogP contribution in [-0.4, -0.2) is 38.6 Å². The van der Waals surface area contributed by atoms with Gasteiger partial charge < -0.3 is 13.9 Å². The highest BCUT2D eigenvalue weighted by Gasteiger charge is 2.04. The van der Waals surface area contributed by atoms with Crippen molar-refractivity contribution in [1.29, 1.82) is 0 Å². The first-order valence-electron chi connectivity index (χ1n) is 3.93. The molecule has 0 aromatic carbocycles. The molecule has 13 heavy (non-hydrogen) atoms. The van der Waals surface area contributed by atoms with Crippen molar-refractivity contribution in [2.45, 2.75) is 13.8 Å². The molecule has 0 amide bonds. The molecule has 0 aromatic rings. The second-order valence-electron chi connectivity index (χ2n) is 2.36. The zero-order valence-electron chi connectivity index (χ0n) is 8.65. The molecule has 80 valence electrons. The molecule has 0 unspecified atom stereocenters. The standard InChI is InChI=1S/C4H11O4P.C3H8N/c1-3-7-9(5,6)8-4-2;1-4(2)3/h3-4H2,1-2H3,(H,5,6);1H2,2-3H3/q;+1/p-1. The van der Waals surface area contributed by atoms with Crippen LogP contribution in [0.4, 0.5) is 0 Å². The molecule has 0 saturated carbocycles. The van der Waals surface area contributed by atoms with Crippen molar-refractivity contribution in [3.05, 3.63) is 0 Å². The molecule has 0 atom stereocenters. The minimum absolute atomic E-state index is 0.126. The lowest BCUT2D eigenvalue weighted by atomic mass is 10.9. The van der Waals surface area contributed by atoms with Crippen LogP contribution >= 0.6 is 7.82 Å². The molecule has 0 heterocycles.